The Morgan fingerprint density at radius 2 is 1.25 bits per heavy atom. The lowest BCUT2D eigenvalue weighted by Gasteiger charge is -2.40. The average molecular weight is 533 g/mol. The van der Waals surface area contributed by atoms with E-state index >= 15 is 0 Å². The van der Waals surface area contributed by atoms with Gasteiger partial charge in [0.2, 0.25) is 0 Å². The Morgan fingerprint density at radius 3 is 1.72 bits per heavy atom. The largest absolute Gasteiger partial charge is 0.473 e. The summed E-state index contributed by atoms with van der Waals surface area (Å²) in [6, 6.07) is 9.85. The first-order valence-corrected chi connectivity index (χ1v) is 24.1. The van der Waals surface area contributed by atoms with Gasteiger partial charge in [0.05, 0.1) is 10.8 Å². The summed E-state index contributed by atoms with van der Waals surface area (Å²) in [5.74, 6) is 0.579. The van der Waals surface area contributed by atoms with Crippen molar-refractivity contribution in [3.05, 3.63) is 30.3 Å². The fraction of sp³-hybridized carbons (Fsp3) is 0.739. The molecule has 0 spiro atoms. The minimum Gasteiger partial charge on any atom is -0.420 e. The van der Waals surface area contributed by atoms with Gasteiger partial charge in [-0.25, -0.2) is 0 Å². The lowest BCUT2D eigenvalue weighted by molar-refractivity contribution is 0.249. The van der Waals surface area contributed by atoms with Gasteiger partial charge in [0.15, 0.2) is 27.1 Å². The monoisotopic (exact) mass is 532 g/mol. The third-order valence-corrected chi connectivity index (χ3v) is 18.1. The van der Waals surface area contributed by atoms with Crippen molar-refractivity contribution in [1.29, 1.82) is 0 Å². The number of benzene rings is 1. The molecule has 0 aromatic heterocycles. The second-order valence-electron chi connectivity index (χ2n) is 9.54. The predicted molar refractivity (Wildman–Crippen MR) is 150 cm³/mol. The number of unbranched alkanes of at least 4 members (excludes halogenated alkanes) is 6. The van der Waals surface area contributed by atoms with E-state index in [2.05, 4.69) is 46.2 Å². The third kappa shape index (κ3) is 12.0. The number of hydrogen-bond donors (Lipinski definition) is 0. The van der Waals surface area contributed by atoms with E-state index in [-0.39, 0.29) is 5.54 Å². The fourth-order valence-corrected chi connectivity index (χ4v) is 19.3. The molecule has 2 unspecified atom stereocenters. The Hall–Kier alpha value is 0.118. The Kier molecular flexibility index (Phi) is 15.7. The molecular weight excluding hydrogens is 485 g/mol. The molecule has 0 saturated carbocycles. The molecule has 0 N–H and O–H groups in total. The maximum atomic E-state index is 13.4. The van der Waals surface area contributed by atoms with Crippen molar-refractivity contribution in [1.82, 2.24) is 0 Å². The summed E-state index contributed by atoms with van der Waals surface area (Å²) in [6.45, 7) is 15.5. The van der Waals surface area contributed by atoms with E-state index in [1.165, 1.54) is 38.5 Å². The van der Waals surface area contributed by atoms with Gasteiger partial charge in [-0.3, -0.25) is 4.21 Å². The van der Waals surface area contributed by atoms with E-state index in [1.807, 2.05) is 30.3 Å². The van der Waals surface area contributed by atoms with Crippen LogP contribution in [0.1, 0.15) is 58.3 Å². The van der Waals surface area contributed by atoms with Gasteiger partial charge in [-0.2, -0.15) is 0 Å². The van der Waals surface area contributed by atoms with Crippen molar-refractivity contribution in [3.63, 3.8) is 0 Å². The van der Waals surface area contributed by atoms with Crippen molar-refractivity contribution in [3.8, 4) is 0 Å². The molecule has 0 bridgehead atoms. The quantitative estimate of drug-likeness (QED) is 0.166. The molecule has 4 nitrogen and oxygen atoms in total. The van der Waals surface area contributed by atoms with Gasteiger partial charge < -0.3 is 12.3 Å². The highest BCUT2D eigenvalue weighted by Crippen LogP contribution is 2.35. The molecule has 0 fully saturated rings. The normalized spacial score (nSPS) is 14.4. The Labute approximate surface area is 206 Å². The van der Waals surface area contributed by atoms with Crippen LogP contribution in [0.3, 0.4) is 0 Å². The minimum absolute atomic E-state index is 0.110. The van der Waals surface area contributed by atoms with Gasteiger partial charge in [0.1, 0.15) is 0 Å². The molecule has 0 aliphatic rings. The summed E-state index contributed by atoms with van der Waals surface area (Å²) >= 11 is 0. The number of hydrogen-bond acceptors (Lipinski definition) is 4. The molecular formula is C23H48O4SSi4. The summed E-state index contributed by atoms with van der Waals surface area (Å²) in [5, 5.41) is 0. The third-order valence-electron chi connectivity index (χ3n) is 5.21. The van der Waals surface area contributed by atoms with Crippen LogP contribution in [-0.4, -0.2) is 45.9 Å². The first kappa shape index (κ1) is 30.1. The van der Waals surface area contributed by atoms with E-state index < -0.39 is 46.7 Å². The van der Waals surface area contributed by atoms with E-state index in [4.69, 9.17) is 12.3 Å². The molecule has 9 heteroatoms. The lowest BCUT2D eigenvalue weighted by Crippen LogP contribution is -2.57. The van der Waals surface area contributed by atoms with E-state index in [9.17, 15) is 4.21 Å². The summed E-state index contributed by atoms with van der Waals surface area (Å²) in [4.78, 5) is 0.894. The van der Waals surface area contributed by atoms with Gasteiger partial charge in [-0.05, 0) is 57.8 Å². The lowest BCUT2D eigenvalue weighted by atomic mass is 10.1. The van der Waals surface area contributed by atoms with Crippen LogP contribution in [-0.2, 0) is 23.1 Å². The SMILES string of the molecule is CCCCCCCCCC(CS(=O)c1ccccc1)[Si](O[SiH](C)C)(O[SiH](C)C)O[SiH](C)C. The highest BCUT2D eigenvalue weighted by atomic mass is 32.2. The Bertz CT molecular complexity index is 605. The molecule has 0 radical (unpaired) electrons. The summed E-state index contributed by atoms with van der Waals surface area (Å²) < 4.78 is 33.6. The van der Waals surface area contributed by atoms with Crippen LogP contribution in [0.15, 0.2) is 35.2 Å². The average Bonchev–Trinajstić information content (AvgIpc) is 2.71. The molecule has 32 heavy (non-hydrogen) atoms. The van der Waals surface area contributed by atoms with Crippen molar-refractivity contribution in [2.75, 3.05) is 5.75 Å². The smallest absolute Gasteiger partial charge is 0.420 e. The predicted octanol–water partition coefficient (Wildman–Crippen LogP) is 6.24. The minimum atomic E-state index is -2.90. The van der Waals surface area contributed by atoms with Crippen molar-refractivity contribution in [2.24, 2.45) is 0 Å². The molecule has 186 valence electrons. The Balaban J connectivity index is 3.07. The maximum absolute atomic E-state index is 13.4. The zero-order chi connectivity index (χ0) is 24.0. The second-order valence-corrected chi connectivity index (χ2v) is 22.2. The summed E-state index contributed by atoms with van der Waals surface area (Å²) in [6.07, 6.45) is 9.89. The van der Waals surface area contributed by atoms with E-state index in [0.717, 1.165) is 17.7 Å². The zero-order valence-electron chi connectivity index (χ0n) is 21.6. The maximum Gasteiger partial charge on any atom is 0.473 e. The summed E-state index contributed by atoms with van der Waals surface area (Å²) in [7, 11) is -8.15. The molecule has 1 rings (SSSR count). The second kappa shape index (κ2) is 16.7. The van der Waals surface area contributed by atoms with Crippen LogP contribution in [0.2, 0.25) is 44.8 Å². The molecule has 0 aliphatic heterocycles. The van der Waals surface area contributed by atoms with Gasteiger partial charge in [-0.1, -0.05) is 70.1 Å². The van der Waals surface area contributed by atoms with Crippen molar-refractivity contribution >= 4 is 46.7 Å². The molecule has 1 aromatic carbocycles. The van der Waals surface area contributed by atoms with Crippen LogP contribution in [0, 0.1) is 0 Å². The van der Waals surface area contributed by atoms with Gasteiger partial charge in [-0.15, -0.1) is 0 Å². The fourth-order valence-electron chi connectivity index (χ4n) is 3.92. The highest BCUT2D eigenvalue weighted by Gasteiger charge is 2.50. The number of rotatable bonds is 18. The van der Waals surface area contributed by atoms with E-state index in [1.54, 1.807) is 0 Å². The summed E-state index contributed by atoms with van der Waals surface area (Å²) in [5.41, 5.74) is 0.110. The zero-order valence-corrected chi connectivity index (χ0v) is 26.9. The molecule has 0 aliphatic carbocycles. The Morgan fingerprint density at radius 1 is 0.781 bits per heavy atom. The van der Waals surface area contributed by atoms with Crippen molar-refractivity contribution in [2.45, 2.75) is 108 Å². The van der Waals surface area contributed by atoms with Crippen LogP contribution in [0.4, 0.5) is 0 Å². The molecule has 2 atom stereocenters. The van der Waals surface area contributed by atoms with Crippen LogP contribution in [0.25, 0.3) is 0 Å². The molecule has 0 heterocycles. The van der Waals surface area contributed by atoms with Gasteiger partial charge in [0, 0.05) is 16.2 Å². The van der Waals surface area contributed by atoms with Crippen LogP contribution in [0.5, 0.6) is 0 Å². The molecule has 1 aromatic rings. The van der Waals surface area contributed by atoms with Gasteiger partial charge >= 0.3 is 8.80 Å². The first-order chi connectivity index (χ1) is 15.2. The highest BCUT2D eigenvalue weighted by molar-refractivity contribution is 7.85. The molecule has 0 saturated heterocycles. The van der Waals surface area contributed by atoms with Crippen LogP contribution >= 0.6 is 0 Å². The van der Waals surface area contributed by atoms with Crippen molar-refractivity contribution < 1.29 is 16.6 Å². The van der Waals surface area contributed by atoms with E-state index in [0.29, 0.717) is 5.75 Å². The van der Waals surface area contributed by atoms with Gasteiger partial charge in [0.25, 0.3) is 0 Å². The van der Waals surface area contributed by atoms with Crippen LogP contribution < -0.4 is 0 Å². The molecule has 0 amide bonds. The topological polar surface area (TPSA) is 44.8 Å². The first-order valence-electron chi connectivity index (χ1n) is 12.7. The standard InChI is InChI=1S/C23H48O4SSi4/c1-8-9-10-11-12-13-17-20-23(21-28(24)22-18-15-14-16-19-22)32(25-29(2)3,26-30(4)5)27-31(6)7/h14-16,18-19,23,29-31H,8-13,17,20-21H2,1-7H3.